The van der Waals surface area contributed by atoms with Gasteiger partial charge in [0.1, 0.15) is 5.82 Å². The van der Waals surface area contributed by atoms with Crippen LogP contribution < -0.4 is 5.73 Å². The lowest BCUT2D eigenvalue weighted by Gasteiger charge is -2.27. The van der Waals surface area contributed by atoms with E-state index in [4.69, 9.17) is 10.8 Å². The SMILES string of the molecule is CC(C)N(CCCO)C(=O)c1cccc(F)c1N. The highest BCUT2D eigenvalue weighted by Crippen LogP contribution is 2.19. The van der Waals surface area contributed by atoms with Gasteiger partial charge < -0.3 is 15.7 Å². The molecular formula is C13H19FN2O2. The van der Waals surface area contributed by atoms with Crippen LogP contribution >= 0.6 is 0 Å². The highest BCUT2D eigenvalue weighted by molar-refractivity contribution is 5.99. The van der Waals surface area contributed by atoms with E-state index in [1.807, 2.05) is 13.8 Å². The standard InChI is InChI=1S/C13H19FN2O2/c1-9(2)16(7-4-8-17)13(18)10-5-3-6-11(14)12(10)15/h3,5-6,9,17H,4,7-8,15H2,1-2H3. The second-order valence-corrected chi connectivity index (χ2v) is 4.37. The van der Waals surface area contributed by atoms with E-state index in [0.717, 1.165) is 0 Å². The molecule has 1 aromatic carbocycles. The molecule has 18 heavy (non-hydrogen) atoms. The van der Waals surface area contributed by atoms with Crippen molar-refractivity contribution < 1.29 is 14.3 Å². The summed E-state index contributed by atoms with van der Waals surface area (Å²) < 4.78 is 13.3. The highest BCUT2D eigenvalue weighted by atomic mass is 19.1. The van der Waals surface area contributed by atoms with Gasteiger partial charge in [-0.3, -0.25) is 4.79 Å². The number of rotatable bonds is 5. The first-order chi connectivity index (χ1) is 8.49. The number of carbonyl (C=O) groups excluding carboxylic acids is 1. The molecule has 0 aliphatic carbocycles. The number of hydrogen-bond acceptors (Lipinski definition) is 3. The van der Waals surface area contributed by atoms with E-state index in [2.05, 4.69) is 0 Å². The van der Waals surface area contributed by atoms with Gasteiger partial charge in [-0.2, -0.15) is 0 Å². The van der Waals surface area contributed by atoms with Crippen LogP contribution in [0.5, 0.6) is 0 Å². The Morgan fingerprint density at radius 1 is 1.50 bits per heavy atom. The Morgan fingerprint density at radius 2 is 2.17 bits per heavy atom. The number of nitrogens with two attached hydrogens (primary N) is 1. The molecule has 5 heteroatoms. The predicted octanol–water partition coefficient (Wildman–Crippen LogP) is 1.64. The van der Waals surface area contributed by atoms with Crippen molar-refractivity contribution in [3.8, 4) is 0 Å². The zero-order valence-electron chi connectivity index (χ0n) is 10.7. The lowest BCUT2D eigenvalue weighted by atomic mass is 10.1. The van der Waals surface area contributed by atoms with Crippen LogP contribution in [0.25, 0.3) is 0 Å². The summed E-state index contributed by atoms with van der Waals surface area (Å²) in [4.78, 5) is 13.8. The average molecular weight is 254 g/mol. The average Bonchev–Trinajstić information content (AvgIpc) is 2.32. The van der Waals surface area contributed by atoms with Gasteiger partial charge in [0.25, 0.3) is 5.91 Å². The molecule has 0 saturated heterocycles. The molecule has 3 N–H and O–H groups in total. The Kier molecular flexibility index (Phi) is 5.09. The van der Waals surface area contributed by atoms with Gasteiger partial charge in [-0.25, -0.2) is 4.39 Å². The van der Waals surface area contributed by atoms with Crippen LogP contribution in [0.1, 0.15) is 30.6 Å². The second-order valence-electron chi connectivity index (χ2n) is 4.37. The van der Waals surface area contributed by atoms with Gasteiger partial charge in [-0.15, -0.1) is 0 Å². The zero-order chi connectivity index (χ0) is 13.7. The molecule has 0 aromatic heterocycles. The van der Waals surface area contributed by atoms with Crippen LogP contribution in [0.2, 0.25) is 0 Å². The topological polar surface area (TPSA) is 66.6 Å². The molecule has 100 valence electrons. The third kappa shape index (κ3) is 3.20. The van der Waals surface area contributed by atoms with Gasteiger partial charge >= 0.3 is 0 Å². The quantitative estimate of drug-likeness (QED) is 0.785. The Balaban J connectivity index is 2.98. The Labute approximate surface area is 106 Å². The third-order valence-electron chi connectivity index (χ3n) is 2.72. The molecule has 0 saturated carbocycles. The molecule has 0 fully saturated rings. The molecule has 0 spiro atoms. The number of nitrogen functional groups attached to an aromatic ring is 1. The largest absolute Gasteiger partial charge is 0.396 e. The number of carbonyl (C=O) groups is 1. The summed E-state index contributed by atoms with van der Waals surface area (Å²) in [6.45, 7) is 4.16. The van der Waals surface area contributed by atoms with Crippen molar-refractivity contribution in [2.24, 2.45) is 0 Å². The maximum Gasteiger partial charge on any atom is 0.256 e. The molecule has 0 aliphatic heterocycles. The van der Waals surface area contributed by atoms with Crippen LogP contribution in [0.4, 0.5) is 10.1 Å². The van der Waals surface area contributed by atoms with Gasteiger partial charge in [0.2, 0.25) is 0 Å². The van der Waals surface area contributed by atoms with Gasteiger partial charge in [0.05, 0.1) is 11.3 Å². The number of amides is 1. The summed E-state index contributed by atoms with van der Waals surface area (Å²) in [5.41, 5.74) is 5.62. The lowest BCUT2D eigenvalue weighted by molar-refractivity contribution is 0.0694. The molecule has 0 atom stereocenters. The summed E-state index contributed by atoms with van der Waals surface area (Å²) in [5.74, 6) is -0.901. The number of halogens is 1. The summed E-state index contributed by atoms with van der Waals surface area (Å²) >= 11 is 0. The molecule has 0 heterocycles. The molecule has 0 unspecified atom stereocenters. The summed E-state index contributed by atoms with van der Waals surface area (Å²) in [6, 6.07) is 4.16. The van der Waals surface area contributed by atoms with Crippen LogP contribution in [-0.2, 0) is 0 Å². The van der Waals surface area contributed by atoms with Crippen LogP contribution in [0.3, 0.4) is 0 Å². The lowest BCUT2D eigenvalue weighted by Crippen LogP contribution is -2.38. The molecule has 4 nitrogen and oxygen atoms in total. The van der Waals surface area contributed by atoms with E-state index >= 15 is 0 Å². The van der Waals surface area contributed by atoms with Crippen molar-refractivity contribution in [2.45, 2.75) is 26.3 Å². The molecule has 1 rings (SSSR count). The predicted molar refractivity (Wildman–Crippen MR) is 68.7 cm³/mol. The molecule has 0 bridgehead atoms. The fourth-order valence-corrected chi connectivity index (χ4v) is 1.71. The first-order valence-electron chi connectivity index (χ1n) is 5.94. The van der Waals surface area contributed by atoms with Crippen LogP contribution in [-0.4, -0.2) is 35.1 Å². The van der Waals surface area contributed by atoms with Crippen molar-refractivity contribution >= 4 is 11.6 Å². The molecular weight excluding hydrogens is 235 g/mol. The fourth-order valence-electron chi connectivity index (χ4n) is 1.71. The Bertz CT molecular complexity index is 421. The van der Waals surface area contributed by atoms with Crippen molar-refractivity contribution in [3.05, 3.63) is 29.6 Å². The Hall–Kier alpha value is -1.62. The number of aliphatic hydroxyl groups excluding tert-OH is 1. The molecule has 1 amide bonds. The van der Waals surface area contributed by atoms with E-state index in [-0.39, 0.29) is 29.8 Å². The fraction of sp³-hybridized carbons (Fsp3) is 0.462. The second kappa shape index (κ2) is 6.35. The maximum atomic E-state index is 13.3. The van der Waals surface area contributed by atoms with E-state index in [9.17, 15) is 9.18 Å². The van der Waals surface area contributed by atoms with E-state index < -0.39 is 5.82 Å². The van der Waals surface area contributed by atoms with Crippen molar-refractivity contribution in [1.82, 2.24) is 4.90 Å². The van der Waals surface area contributed by atoms with Gasteiger partial charge in [0, 0.05) is 19.2 Å². The minimum Gasteiger partial charge on any atom is -0.396 e. The number of para-hydroxylation sites is 1. The number of anilines is 1. The highest BCUT2D eigenvalue weighted by Gasteiger charge is 2.21. The van der Waals surface area contributed by atoms with Crippen molar-refractivity contribution in [3.63, 3.8) is 0 Å². The van der Waals surface area contributed by atoms with Gasteiger partial charge in [-0.1, -0.05) is 6.07 Å². The van der Waals surface area contributed by atoms with Crippen molar-refractivity contribution in [1.29, 1.82) is 0 Å². The first kappa shape index (κ1) is 14.4. The van der Waals surface area contributed by atoms with Crippen LogP contribution in [0.15, 0.2) is 18.2 Å². The number of benzene rings is 1. The third-order valence-corrected chi connectivity index (χ3v) is 2.72. The monoisotopic (exact) mass is 254 g/mol. The first-order valence-corrected chi connectivity index (χ1v) is 5.94. The minimum atomic E-state index is -0.591. The number of hydrogen-bond donors (Lipinski definition) is 2. The van der Waals surface area contributed by atoms with Crippen molar-refractivity contribution in [2.75, 3.05) is 18.9 Å². The van der Waals surface area contributed by atoms with Gasteiger partial charge in [-0.05, 0) is 32.4 Å². The molecule has 1 aromatic rings. The van der Waals surface area contributed by atoms with E-state index in [1.165, 1.54) is 18.2 Å². The van der Waals surface area contributed by atoms with Gasteiger partial charge in [0.15, 0.2) is 0 Å². The minimum absolute atomic E-state index is 0.00906. The summed E-state index contributed by atoms with van der Waals surface area (Å²) in [7, 11) is 0. The smallest absolute Gasteiger partial charge is 0.256 e. The maximum absolute atomic E-state index is 13.3. The molecule has 0 aliphatic rings. The van der Waals surface area contributed by atoms with E-state index in [0.29, 0.717) is 13.0 Å². The molecule has 0 radical (unpaired) electrons. The number of aliphatic hydroxyl groups is 1. The Morgan fingerprint density at radius 3 is 2.72 bits per heavy atom. The summed E-state index contributed by atoms with van der Waals surface area (Å²) in [5, 5.41) is 8.83. The van der Waals surface area contributed by atoms with E-state index in [1.54, 1.807) is 4.90 Å². The number of nitrogens with zero attached hydrogens (tertiary/aromatic N) is 1. The normalized spacial score (nSPS) is 10.7. The zero-order valence-corrected chi connectivity index (χ0v) is 10.7. The summed E-state index contributed by atoms with van der Waals surface area (Å²) in [6.07, 6.45) is 0.485. The van der Waals surface area contributed by atoms with Crippen LogP contribution in [0, 0.1) is 5.82 Å².